The van der Waals surface area contributed by atoms with E-state index in [0.29, 0.717) is 12.8 Å². The summed E-state index contributed by atoms with van der Waals surface area (Å²) in [4.78, 5) is 24.5. The quantitative estimate of drug-likeness (QED) is 0.888. The van der Waals surface area contributed by atoms with Crippen LogP contribution < -0.4 is 0 Å². The van der Waals surface area contributed by atoms with E-state index in [4.69, 9.17) is 0 Å². The zero-order chi connectivity index (χ0) is 18.4. The minimum Gasteiger partial charge on any atom is -0.480 e. The van der Waals surface area contributed by atoms with Gasteiger partial charge < -0.3 is 5.11 Å². The van der Waals surface area contributed by atoms with Gasteiger partial charge in [-0.3, -0.25) is 9.59 Å². The topological polar surface area (TPSA) is 91.8 Å². The van der Waals surface area contributed by atoms with Crippen LogP contribution in [0.2, 0.25) is 0 Å². The Labute approximate surface area is 147 Å². The molecule has 0 aromatic heterocycles. The van der Waals surface area contributed by atoms with Gasteiger partial charge in [0.1, 0.15) is 11.8 Å². The summed E-state index contributed by atoms with van der Waals surface area (Å²) in [5, 5.41) is 9.64. The van der Waals surface area contributed by atoms with E-state index in [1.54, 1.807) is 19.1 Å². The summed E-state index contributed by atoms with van der Waals surface area (Å²) in [6, 6.07) is 4.57. The third-order valence-corrected chi connectivity index (χ3v) is 7.55. The predicted octanol–water partition coefficient (Wildman–Crippen LogP) is 2.36. The van der Waals surface area contributed by atoms with Crippen LogP contribution in [-0.2, 0) is 19.6 Å². The van der Waals surface area contributed by atoms with Crippen LogP contribution in [-0.4, -0.2) is 41.7 Å². The molecule has 6 nitrogen and oxygen atoms in total. The zero-order valence-electron chi connectivity index (χ0n) is 14.4. The van der Waals surface area contributed by atoms with E-state index in [9.17, 15) is 23.1 Å². The Morgan fingerprint density at radius 2 is 1.88 bits per heavy atom. The number of ketones is 1. The highest BCUT2D eigenvalue weighted by Gasteiger charge is 2.59. The number of hydrogen-bond acceptors (Lipinski definition) is 4. The first-order valence-corrected chi connectivity index (χ1v) is 9.98. The van der Waals surface area contributed by atoms with E-state index < -0.39 is 33.5 Å². The van der Waals surface area contributed by atoms with E-state index >= 15 is 0 Å². The van der Waals surface area contributed by atoms with E-state index in [0.717, 1.165) is 22.7 Å². The van der Waals surface area contributed by atoms with Crippen molar-refractivity contribution in [3.8, 4) is 0 Å². The summed E-state index contributed by atoms with van der Waals surface area (Å²) in [6.07, 6.45) is 2.38. The number of carboxylic acids is 1. The standard InChI is InChI=1S/C18H23NO5S/c1-12-7-9-13(10-8-12)25(23,24)19-14(17(21)22)11-18(2)15(19)5-3-4-6-16(18)20/h7-10,14-15H,3-6,11H2,1-2H3,(H,21,22)/t14-,15-,18-/m0/s1. The maximum Gasteiger partial charge on any atom is 0.322 e. The van der Waals surface area contributed by atoms with Crippen LogP contribution in [0.25, 0.3) is 0 Å². The summed E-state index contributed by atoms with van der Waals surface area (Å²) >= 11 is 0. The number of aryl methyl sites for hydroxylation is 1. The van der Waals surface area contributed by atoms with Gasteiger partial charge in [0.15, 0.2) is 0 Å². The molecule has 1 N–H and O–H groups in total. The van der Waals surface area contributed by atoms with Crippen molar-refractivity contribution < 1.29 is 23.1 Å². The lowest BCUT2D eigenvalue weighted by molar-refractivity contribution is -0.141. The molecule has 2 fully saturated rings. The fourth-order valence-electron chi connectivity index (χ4n) is 4.14. The minimum absolute atomic E-state index is 0.0251. The van der Waals surface area contributed by atoms with Crippen LogP contribution in [0.3, 0.4) is 0 Å². The highest BCUT2D eigenvalue weighted by molar-refractivity contribution is 7.89. The molecule has 25 heavy (non-hydrogen) atoms. The summed E-state index contributed by atoms with van der Waals surface area (Å²) < 4.78 is 27.6. The smallest absolute Gasteiger partial charge is 0.322 e. The average molecular weight is 365 g/mol. The molecule has 0 amide bonds. The van der Waals surface area contributed by atoms with Gasteiger partial charge in [0.2, 0.25) is 10.0 Å². The van der Waals surface area contributed by atoms with Crippen LogP contribution in [0.5, 0.6) is 0 Å². The van der Waals surface area contributed by atoms with E-state index in [1.165, 1.54) is 12.1 Å². The number of carbonyl (C=O) groups is 2. The molecule has 1 saturated heterocycles. The first-order chi connectivity index (χ1) is 11.7. The third kappa shape index (κ3) is 2.89. The fourth-order valence-corrected chi connectivity index (χ4v) is 6.04. The molecule has 3 atom stereocenters. The summed E-state index contributed by atoms with van der Waals surface area (Å²) in [6.45, 7) is 3.58. The predicted molar refractivity (Wildman–Crippen MR) is 91.6 cm³/mol. The number of sulfonamides is 1. The number of carboxylic acid groups (broad SMARTS) is 1. The Hall–Kier alpha value is -1.73. The molecule has 1 aromatic carbocycles. The van der Waals surface area contributed by atoms with Gasteiger partial charge in [0.25, 0.3) is 0 Å². The Morgan fingerprint density at radius 3 is 2.48 bits per heavy atom. The normalized spacial score (nSPS) is 30.7. The Bertz CT molecular complexity index is 801. The number of hydrogen-bond donors (Lipinski definition) is 1. The molecule has 1 aliphatic heterocycles. The number of nitrogens with zero attached hydrogens (tertiary/aromatic N) is 1. The first kappa shape index (κ1) is 18.1. The molecule has 2 aliphatic rings. The second-order valence-corrected chi connectivity index (χ2v) is 9.15. The molecular weight excluding hydrogens is 342 g/mol. The molecule has 3 rings (SSSR count). The summed E-state index contributed by atoms with van der Waals surface area (Å²) in [5.74, 6) is -1.22. The molecular formula is C18H23NO5S. The Kier molecular flexibility index (Phi) is 4.49. The molecule has 0 radical (unpaired) electrons. The SMILES string of the molecule is Cc1ccc(S(=O)(=O)N2[C@H]3CCCCC(=O)[C@@]3(C)C[C@H]2C(=O)O)cc1. The van der Waals surface area contributed by atoms with Crippen molar-refractivity contribution in [2.75, 3.05) is 0 Å². The van der Waals surface area contributed by atoms with Crippen LogP contribution >= 0.6 is 0 Å². The minimum atomic E-state index is -4.00. The van der Waals surface area contributed by atoms with Gasteiger partial charge in [-0.1, -0.05) is 31.0 Å². The van der Waals surface area contributed by atoms with Gasteiger partial charge in [0, 0.05) is 17.9 Å². The molecule has 136 valence electrons. The number of aliphatic carboxylic acids is 1. The zero-order valence-corrected chi connectivity index (χ0v) is 15.3. The number of benzene rings is 1. The molecule has 1 aromatic rings. The van der Waals surface area contributed by atoms with E-state index in [2.05, 4.69) is 0 Å². The molecule has 7 heteroatoms. The van der Waals surface area contributed by atoms with E-state index in [1.807, 2.05) is 6.92 Å². The Balaban J connectivity index is 2.11. The van der Waals surface area contributed by atoms with Crippen molar-refractivity contribution in [2.45, 2.75) is 62.9 Å². The molecule has 1 saturated carbocycles. The van der Waals surface area contributed by atoms with Crippen molar-refractivity contribution in [1.82, 2.24) is 4.31 Å². The lowest BCUT2D eigenvalue weighted by Gasteiger charge is -2.32. The van der Waals surface area contributed by atoms with Crippen molar-refractivity contribution in [3.63, 3.8) is 0 Å². The van der Waals surface area contributed by atoms with Crippen LogP contribution in [0.1, 0.15) is 44.6 Å². The highest BCUT2D eigenvalue weighted by Crippen LogP contribution is 2.48. The first-order valence-electron chi connectivity index (χ1n) is 8.54. The van der Waals surface area contributed by atoms with Crippen LogP contribution in [0, 0.1) is 12.3 Å². The van der Waals surface area contributed by atoms with Crippen molar-refractivity contribution >= 4 is 21.8 Å². The summed E-state index contributed by atoms with van der Waals surface area (Å²) in [7, 11) is -4.00. The average Bonchev–Trinajstić information content (AvgIpc) is 2.79. The van der Waals surface area contributed by atoms with Gasteiger partial charge in [-0.2, -0.15) is 4.31 Å². The second-order valence-electron chi connectivity index (χ2n) is 7.31. The monoisotopic (exact) mass is 365 g/mol. The maximum absolute atomic E-state index is 13.2. The molecule has 1 heterocycles. The van der Waals surface area contributed by atoms with Gasteiger partial charge in [-0.25, -0.2) is 8.42 Å². The molecule has 0 unspecified atom stereocenters. The summed E-state index contributed by atoms with van der Waals surface area (Å²) in [5.41, 5.74) is -0.0122. The third-order valence-electron chi connectivity index (χ3n) is 5.62. The molecule has 0 spiro atoms. The lowest BCUT2D eigenvalue weighted by atomic mass is 9.77. The fraction of sp³-hybridized carbons (Fsp3) is 0.556. The maximum atomic E-state index is 13.2. The largest absolute Gasteiger partial charge is 0.480 e. The van der Waals surface area contributed by atoms with Crippen LogP contribution in [0.15, 0.2) is 29.2 Å². The van der Waals surface area contributed by atoms with Gasteiger partial charge in [-0.05, 0) is 38.3 Å². The number of carbonyl (C=O) groups excluding carboxylic acids is 1. The highest BCUT2D eigenvalue weighted by atomic mass is 32.2. The molecule has 0 bridgehead atoms. The number of rotatable bonds is 3. The second kappa shape index (κ2) is 6.21. The van der Waals surface area contributed by atoms with Gasteiger partial charge in [-0.15, -0.1) is 0 Å². The van der Waals surface area contributed by atoms with Crippen molar-refractivity contribution in [1.29, 1.82) is 0 Å². The van der Waals surface area contributed by atoms with Gasteiger partial charge in [0.05, 0.1) is 4.90 Å². The molecule has 1 aliphatic carbocycles. The van der Waals surface area contributed by atoms with Crippen molar-refractivity contribution in [3.05, 3.63) is 29.8 Å². The van der Waals surface area contributed by atoms with Gasteiger partial charge >= 0.3 is 5.97 Å². The lowest BCUT2D eigenvalue weighted by Crippen LogP contribution is -2.47. The van der Waals surface area contributed by atoms with Crippen LogP contribution in [0.4, 0.5) is 0 Å². The van der Waals surface area contributed by atoms with E-state index in [-0.39, 0.29) is 17.1 Å². The number of Topliss-reactive ketones (excluding diaryl/α,β-unsaturated/α-hetero) is 1. The van der Waals surface area contributed by atoms with Crippen molar-refractivity contribution in [2.24, 2.45) is 5.41 Å². The number of fused-ring (bicyclic) bond motifs is 1. The Morgan fingerprint density at radius 1 is 1.24 bits per heavy atom.